The molecule has 0 spiro atoms. The summed E-state index contributed by atoms with van der Waals surface area (Å²) in [4.78, 5) is 16.7. The lowest BCUT2D eigenvalue weighted by molar-refractivity contribution is -0.131. The molecule has 1 aromatic carbocycles. The number of ether oxygens (including phenoxy) is 1. The van der Waals surface area contributed by atoms with Crippen LogP contribution in [0.5, 0.6) is 5.75 Å². The van der Waals surface area contributed by atoms with Gasteiger partial charge >= 0.3 is 0 Å². The largest absolute Gasteiger partial charge is 0.497 e. The molecule has 1 aliphatic rings. The molecule has 170 valence electrons. The zero-order chi connectivity index (χ0) is 22.5. The molecule has 2 aromatic heterocycles. The monoisotopic (exact) mass is 470 g/mol. The van der Waals surface area contributed by atoms with E-state index in [-0.39, 0.29) is 11.9 Å². The molecule has 1 atom stereocenters. The van der Waals surface area contributed by atoms with Gasteiger partial charge in [-0.25, -0.2) is 0 Å². The van der Waals surface area contributed by atoms with Crippen molar-refractivity contribution in [1.29, 1.82) is 0 Å². The number of nitrogens with zero attached hydrogens (tertiary/aromatic N) is 4. The number of methoxy groups -OCH3 is 1. The van der Waals surface area contributed by atoms with Crippen molar-refractivity contribution in [2.75, 3.05) is 19.4 Å². The molecule has 4 rings (SSSR count). The van der Waals surface area contributed by atoms with Crippen molar-refractivity contribution in [2.45, 2.75) is 57.3 Å². The summed E-state index contributed by atoms with van der Waals surface area (Å²) in [5.74, 6) is 2.20. The van der Waals surface area contributed by atoms with Crippen LogP contribution < -0.4 is 4.74 Å². The number of fused-ring (bicyclic) bond motifs is 1. The average Bonchev–Trinajstić information content (AvgIpc) is 3.47. The molecule has 32 heavy (non-hydrogen) atoms. The van der Waals surface area contributed by atoms with E-state index in [1.807, 2.05) is 35.6 Å². The van der Waals surface area contributed by atoms with Crippen molar-refractivity contribution in [3.8, 4) is 17.1 Å². The first kappa shape index (κ1) is 22.9. The maximum absolute atomic E-state index is 13.2. The van der Waals surface area contributed by atoms with E-state index in [4.69, 9.17) is 4.74 Å². The molecule has 1 amide bonds. The first-order chi connectivity index (χ1) is 15.7. The summed E-state index contributed by atoms with van der Waals surface area (Å²) in [5, 5.41) is 11.9. The molecular formula is C24H30N4O2S2. The normalized spacial score (nSPS) is 15.6. The fourth-order valence-electron chi connectivity index (χ4n) is 4.21. The predicted octanol–water partition coefficient (Wildman–Crippen LogP) is 5.44. The van der Waals surface area contributed by atoms with Crippen LogP contribution in [0.15, 0.2) is 40.9 Å². The van der Waals surface area contributed by atoms with E-state index in [1.54, 1.807) is 7.11 Å². The van der Waals surface area contributed by atoms with Crippen LogP contribution in [0.1, 0.15) is 49.6 Å². The maximum Gasteiger partial charge on any atom is 0.233 e. The van der Waals surface area contributed by atoms with Gasteiger partial charge < -0.3 is 14.2 Å². The molecule has 0 radical (unpaired) electrons. The number of thiophene rings is 1. The van der Waals surface area contributed by atoms with Gasteiger partial charge in [0, 0.05) is 23.5 Å². The highest BCUT2D eigenvalue weighted by Crippen LogP contribution is 2.36. The number of unbranched alkanes of at least 4 members (excludes halogenated alkanes) is 1. The smallest absolute Gasteiger partial charge is 0.233 e. The van der Waals surface area contributed by atoms with E-state index >= 15 is 0 Å². The molecule has 3 heterocycles. The van der Waals surface area contributed by atoms with Gasteiger partial charge in [0.1, 0.15) is 5.75 Å². The van der Waals surface area contributed by atoms with Gasteiger partial charge in [0.15, 0.2) is 11.0 Å². The van der Waals surface area contributed by atoms with Crippen LogP contribution >= 0.6 is 23.1 Å². The van der Waals surface area contributed by atoms with Gasteiger partial charge in [-0.1, -0.05) is 32.0 Å². The van der Waals surface area contributed by atoms with Gasteiger partial charge in [-0.3, -0.25) is 4.79 Å². The summed E-state index contributed by atoms with van der Waals surface area (Å²) < 4.78 is 7.42. The highest BCUT2D eigenvalue weighted by Gasteiger charge is 2.30. The third kappa shape index (κ3) is 4.71. The lowest BCUT2D eigenvalue weighted by atomic mass is 9.98. The van der Waals surface area contributed by atoms with Crippen LogP contribution in [0.3, 0.4) is 0 Å². The number of benzene rings is 1. The van der Waals surface area contributed by atoms with Gasteiger partial charge in [0.2, 0.25) is 5.91 Å². The Labute approximate surface area is 198 Å². The SMILES string of the molecule is CCCCn1c(SCC(=O)N2CCc3sccc3C2CC)nnc1-c1ccc(OC)cc1. The Kier molecular flexibility index (Phi) is 7.52. The minimum atomic E-state index is 0.176. The van der Waals surface area contributed by atoms with Gasteiger partial charge in [0.25, 0.3) is 0 Å². The highest BCUT2D eigenvalue weighted by atomic mass is 32.2. The number of carbonyl (C=O) groups is 1. The predicted molar refractivity (Wildman–Crippen MR) is 130 cm³/mol. The van der Waals surface area contributed by atoms with E-state index < -0.39 is 0 Å². The fraction of sp³-hybridized carbons (Fsp3) is 0.458. The number of hydrogen-bond acceptors (Lipinski definition) is 6. The molecule has 6 nitrogen and oxygen atoms in total. The number of aromatic nitrogens is 3. The molecule has 0 aliphatic carbocycles. The summed E-state index contributed by atoms with van der Waals surface area (Å²) >= 11 is 3.30. The quantitative estimate of drug-likeness (QED) is 0.390. The van der Waals surface area contributed by atoms with E-state index in [9.17, 15) is 4.79 Å². The standard InChI is InChI=1S/C24H30N4O2S2/c1-4-6-13-28-23(17-7-9-18(30-3)10-8-17)25-26-24(28)32-16-22(29)27-14-11-21-19(12-15-31-21)20(27)5-2/h7-10,12,15,20H,4-6,11,13-14,16H2,1-3H3. The summed E-state index contributed by atoms with van der Waals surface area (Å²) in [6, 6.07) is 10.2. The first-order valence-electron chi connectivity index (χ1n) is 11.2. The van der Waals surface area contributed by atoms with Gasteiger partial charge in [0.05, 0.1) is 18.9 Å². The minimum absolute atomic E-state index is 0.176. The molecule has 0 saturated carbocycles. The van der Waals surface area contributed by atoms with E-state index in [1.165, 1.54) is 22.2 Å². The lowest BCUT2D eigenvalue weighted by Crippen LogP contribution is -2.40. The summed E-state index contributed by atoms with van der Waals surface area (Å²) in [6.45, 7) is 5.97. The fourth-order valence-corrected chi connectivity index (χ4v) is 5.99. The second-order valence-electron chi connectivity index (χ2n) is 7.89. The van der Waals surface area contributed by atoms with Crippen LogP contribution in [0.25, 0.3) is 11.4 Å². The molecule has 1 aliphatic heterocycles. The number of hydrogen-bond donors (Lipinski definition) is 0. The number of rotatable bonds is 9. The molecule has 0 saturated heterocycles. The third-order valence-corrected chi connectivity index (χ3v) is 7.88. The first-order valence-corrected chi connectivity index (χ1v) is 13.1. The Morgan fingerprint density at radius 3 is 2.75 bits per heavy atom. The second kappa shape index (κ2) is 10.5. The van der Waals surface area contributed by atoms with Crippen molar-refractivity contribution in [2.24, 2.45) is 0 Å². The molecular weight excluding hydrogens is 440 g/mol. The number of amides is 1. The van der Waals surface area contributed by atoms with Crippen molar-refractivity contribution in [1.82, 2.24) is 19.7 Å². The van der Waals surface area contributed by atoms with Crippen molar-refractivity contribution in [3.05, 3.63) is 46.2 Å². The molecule has 0 fully saturated rings. The Balaban J connectivity index is 1.50. The van der Waals surface area contributed by atoms with E-state index in [0.29, 0.717) is 5.75 Å². The minimum Gasteiger partial charge on any atom is -0.497 e. The van der Waals surface area contributed by atoms with Gasteiger partial charge in [-0.05, 0) is 60.5 Å². The maximum atomic E-state index is 13.2. The zero-order valence-electron chi connectivity index (χ0n) is 18.9. The van der Waals surface area contributed by atoms with E-state index in [0.717, 1.165) is 61.1 Å². The summed E-state index contributed by atoms with van der Waals surface area (Å²) in [6.07, 6.45) is 4.01. The Morgan fingerprint density at radius 2 is 2.03 bits per heavy atom. The Hall–Kier alpha value is -2.32. The molecule has 8 heteroatoms. The number of thioether (sulfide) groups is 1. The van der Waals surface area contributed by atoms with Crippen LogP contribution in [0.2, 0.25) is 0 Å². The van der Waals surface area contributed by atoms with Crippen molar-refractivity contribution < 1.29 is 9.53 Å². The number of carbonyl (C=O) groups excluding carboxylic acids is 1. The summed E-state index contributed by atoms with van der Waals surface area (Å²) in [5.41, 5.74) is 2.33. The van der Waals surface area contributed by atoms with E-state index in [2.05, 4.69) is 45.0 Å². The zero-order valence-corrected chi connectivity index (χ0v) is 20.5. The van der Waals surface area contributed by atoms with Gasteiger partial charge in [-0.15, -0.1) is 21.5 Å². The molecule has 1 unspecified atom stereocenters. The molecule has 0 bridgehead atoms. The van der Waals surface area contributed by atoms with Crippen molar-refractivity contribution in [3.63, 3.8) is 0 Å². The third-order valence-electron chi connectivity index (χ3n) is 5.93. The second-order valence-corrected chi connectivity index (χ2v) is 9.83. The molecule has 0 N–H and O–H groups in total. The average molecular weight is 471 g/mol. The highest BCUT2D eigenvalue weighted by molar-refractivity contribution is 7.99. The Morgan fingerprint density at radius 1 is 1.22 bits per heavy atom. The van der Waals surface area contributed by atoms with Crippen LogP contribution in [0.4, 0.5) is 0 Å². The van der Waals surface area contributed by atoms with Crippen LogP contribution in [-0.2, 0) is 17.8 Å². The lowest BCUT2D eigenvalue weighted by Gasteiger charge is -2.35. The van der Waals surface area contributed by atoms with Gasteiger partial charge in [-0.2, -0.15) is 0 Å². The molecule has 3 aromatic rings. The Bertz CT molecular complexity index is 1040. The van der Waals surface area contributed by atoms with Crippen LogP contribution in [-0.4, -0.2) is 45.0 Å². The van der Waals surface area contributed by atoms with Crippen LogP contribution in [0, 0.1) is 0 Å². The topological polar surface area (TPSA) is 60.2 Å². The van der Waals surface area contributed by atoms with Crippen molar-refractivity contribution >= 4 is 29.0 Å². The summed E-state index contributed by atoms with van der Waals surface area (Å²) in [7, 11) is 1.66.